The Kier molecular flexibility index (Phi) is 7.86. The summed E-state index contributed by atoms with van der Waals surface area (Å²) in [7, 11) is 1.88. The molecule has 1 aromatic heterocycles. The molecule has 0 bridgehead atoms. The van der Waals surface area contributed by atoms with Gasteiger partial charge in [0.2, 0.25) is 0 Å². The molecule has 1 saturated heterocycles. The van der Waals surface area contributed by atoms with Crippen molar-refractivity contribution in [3.05, 3.63) is 59.8 Å². The second-order valence-corrected chi connectivity index (χ2v) is 8.57. The van der Waals surface area contributed by atoms with Gasteiger partial charge in [0.1, 0.15) is 11.5 Å². The average molecular weight is 469 g/mol. The van der Waals surface area contributed by atoms with E-state index in [1.54, 1.807) is 35.1 Å². The summed E-state index contributed by atoms with van der Waals surface area (Å²) in [6.45, 7) is 1.59. The van der Waals surface area contributed by atoms with Crippen LogP contribution in [0.2, 0.25) is 5.02 Å². The van der Waals surface area contributed by atoms with Gasteiger partial charge in [-0.05, 0) is 68.3 Å². The summed E-state index contributed by atoms with van der Waals surface area (Å²) in [5.41, 5.74) is 2.44. The standard InChI is InChI=1S/C25H29ClN4O3/c1-30-23(10-13-28-30)22-16-20(29-25(31)17-33-21-7-4-5-18(26)15-21)8-9-24(22)32-14-11-19-6-2-3-12-27-19/h4-5,7-10,13,15-16,19,27H,2-3,6,11-12,14,17H2,1H3,(H,29,31). The van der Waals surface area contributed by atoms with Crippen LogP contribution in [0.1, 0.15) is 25.7 Å². The average Bonchev–Trinajstić information content (AvgIpc) is 3.25. The van der Waals surface area contributed by atoms with Crippen LogP contribution in [0.15, 0.2) is 54.7 Å². The summed E-state index contributed by atoms with van der Waals surface area (Å²) in [5.74, 6) is 1.05. The molecule has 1 amide bonds. The molecule has 2 N–H and O–H groups in total. The maximum Gasteiger partial charge on any atom is 0.262 e. The number of carbonyl (C=O) groups excluding carboxylic acids is 1. The SMILES string of the molecule is Cn1nccc1-c1cc(NC(=O)COc2cccc(Cl)c2)ccc1OCCC1CCCCN1. The first-order valence-electron chi connectivity index (χ1n) is 11.3. The zero-order valence-electron chi connectivity index (χ0n) is 18.7. The number of rotatable bonds is 9. The van der Waals surface area contributed by atoms with Crippen molar-refractivity contribution in [3.63, 3.8) is 0 Å². The van der Waals surface area contributed by atoms with E-state index in [0.717, 1.165) is 30.0 Å². The highest BCUT2D eigenvalue weighted by atomic mass is 35.5. The molecule has 0 radical (unpaired) electrons. The van der Waals surface area contributed by atoms with Gasteiger partial charge in [0.15, 0.2) is 6.61 Å². The highest BCUT2D eigenvalue weighted by Gasteiger charge is 2.15. The van der Waals surface area contributed by atoms with Gasteiger partial charge in [0, 0.05) is 35.6 Å². The molecular formula is C25H29ClN4O3. The normalized spacial score (nSPS) is 15.8. The van der Waals surface area contributed by atoms with E-state index in [4.69, 9.17) is 21.1 Å². The van der Waals surface area contributed by atoms with E-state index in [1.807, 2.05) is 31.3 Å². The molecule has 33 heavy (non-hydrogen) atoms. The maximum absolute atomic E-state index is 12.4. The Morgan fingerprint density at radius 1 is 1.21 bits per heavy atom. The molecule has 0 aliphatic carbocycles. The number of benzene rings is 2. The number of amides is 1. The van der Waals surface area contributed by atoms with Crippen LogP contribution < -0.4 is 20.1 Å². The largest absolute Gasteiger partial charge is 0.493 e. The second-order valence-electron chi connectivity index (χ2n) is 8.13. The molecule has 0 spiro atoms. The molecule has 174 valence electrons. The van der Waals surface area contributed by atoms with Crippen LogP contribution in [0.25, 0.3) is 11.3 Å². The van der Waals surface area contributed by atoms with Crippen molar-refractivity contribution in [2.24, 2.45) is 7.05 Å². The first-order chi connectivity index (χ1) is 16.1. The van der Waals surface area contributed by atoms with E-state index in [9.17, 15) is 4.79 Å². The molecule has 7 nitrogen and oxygen atoms in total. The minimum absolute atomic E-state index is 0.117. The lowest BCUT2D eigenvalue weighted by Crippen LogP contribution is -2.35. The Balaban J connectivity index is 1.41. The number of ether oxygens (including phenoxy) is 2. The predicted octanol–water partition coefficient (Wildman–Crippen LogP) is 4.67. The Morgan fingerprint density at radius 3 is 2.88 bits per heavy atom. The van der Waals surface area contributed by atoms with Crippen LogP contribution in [0, 0.1) is 0 Å². The number of aryl methyl sites for hydroxylation is 1. The monoisotopic (exact) mass is 468 g/mol. The zero-order chi connectivity index (χ0) is 23.0. The van der Waals surface area contributed by atoms with Gasteiger partial charge >= 0.3 is 0 Å². The molecule has 1 atom stereocenters. The number of aromatic nitrogens is 2. The first kappa shape index (κ1) is 23.1. The Bertz CT molecular complexity index is 1080. The molecule has 2 aromatic carbocycles. The number of anilines is 1. The Hall–Kier alpha value is -3.03. The molecule has 0 saturated carbocycles. The molecule has 2 heterocycles. The fourth-order valence-electron chi connectivity index (χ4n) is 3.96. The summed E-state index contributed by atoms with van der Waals surface area (Å²) < 4.78 is 13.5. The molecular weight excluding hydrogens is 440 g/mol. The van der Waals surface area contributed by atoms with Crippen LogP contribution in [0.5, 0.6) is 11.5 Å². The fraction of sp³-hybridized carbons (Fsp3) is 0.360. The topological polar surface area (TPSA) is 77.4 Å². The van der Waals surface area contributed by atoms with Crippen LogP contribution in [0.4, 0.5) is 5.69 Å². The number of carbonyl (C=O) groups is 1. The summed E-state index contributed by atoms with van der Waals surface area (Å²) in [4.78, 5) is 12.4. The van der Waals surface area contributed by atoms with E-state index in [0.29, 0.717) is 29.1 Å². The van der Waals surface area contributed by atoms with E-state index in [-0.39, 0.29) is 12.5 Å². The van der Waals surface area contributed by atoms with Gasteiger partial charge in [-0.15, -0.1) is 0 Å². The van der Waals surface area contributed by atoms with E-state index in [2.05, 4.69) is 15.7 Å². The molecule has 1 unspecified atom stereocenters. The van der Waals surface area contributed by atoms with Gasteiger partial charge in [-0.1, -0.05) is 24.1 Å². The number of nitrogens with zero attached hydrogens (tertiary/aromatic N) is 2. The highest BCUT2D eigenvalue weighted by Crippen LogP contribution is 2.33. The number of piperidine rings is 1. The Morgan fingerprint density at radius 2 is 2.12 bits per heavy atom. The summed E-state index contributed by atoms with van der Waals surface area (Å²) in [6.07, 6.45) is 6.42. The van der Waals surface area contributed by atoms with E-state index >= 15 is 0 Å². The van der Waals surface area contributed by atoms with Gasteiger partial charge < -0.3 is 20.1 Å². The lowest BCUT2D eigenvalue weighted by molar-refractivity contribution is -0.118. The van der Waals surface area contributed by atoms with Crippen molar-refractivity contribution in [2.45, 2.75) is 31.7 Å². The molecule has 1 fully saturated rings. The summed E-state index contributed by atoms with van der Waals surface area (Å²) in [6, 6.07) is 15.0. The molecule has 1 aliphatic rings. The van der Waals surface area contributed by atoms with Crippen molar-refractivity contribution in [1.82, 2.24) is 15.1 Å². The van der Waals surface area contributed by atoms with Crippen LogP contribution in [-0.2, 0) is 11.8 Å². The number of nitrogens with one attached hydrogen (secondary N) is 2. The third kappa shape index (κ3) is 6.49. The van der Waals surface area contributed by atoms with Gasteiger partial charge in [-0.25, -0.2) is 0 Å². The van der Waals surface area contributed by atoms with Crippen molar-refractivity contribution >= 4 is 23.2 Å². The highest BCUT2D eigenvalue weighted by molar-refractivity contribution is 6.30. The van der Waals surface area contributed by atoms with E-state index < -0.39 is 0 Å². The van der Waals surface area contributed by atoms with Crippen molar-refractivity contribution in [1.29, 1.82) is 0 Å². The van der Waals surface area contributed by atoms with Gasteiger partial charge in [-0.2, -0.15) is 5.10 Å². The Labute approximate surface area is 199 Å². The van der Waals surface area contributed by atoms with E-state index in [1.165, 1.54) is 19.3 Å². The van der Waals surface area contributed by atoms with Crippen molar-refractivity contribution in [2.75, 3.05) is 25.1 Å². The molecule has 1 aliphatic heterocycles. The quantitative estimate of drug-likeness (QED) is 0.477. The number of hydrogen-bond donors (Lipinski definition) is 2. The molecule has 8 heteroatoms. The minimum atomic E-state index is -0.261. The van der Waals surface area contributed by atoms with Gasteiger partial charge in [0.05, 0.1) is 12.3 Å². The predicted molar refractivity (Wildman–Crippen MR) is 130 cm³/mol. The molecule has 4 rings (SSSR count). The number of hydrogen-bond acceptors (Lipinski definition) is 5. The summed E-state index contributed by atoms with van der Waals surface area (Å²) >= 11 is 5.96. The summed E-state index contributed by atoms with van der Waals surface area (Å²) in [5, 5.41) is 11.3. The fourth-order valence-corrected chi connectivity index (χ4v) is 4.14. The van der Waals surface area contributed by atoms with Crippen LogP contribution in [0.3, 0.4) is 0 Å². The second kappa shape index (κ2) is 11.2. The van der Waals surface area contributed by atoms with Crippen molar-refractivity contribution in [3.8, 4) is 22.8 Å². The lowest BCUT2D eigenvalue weighted by atomic mass is 10.0. The number of halogens is 1. The van der Waals surface area contributed by atoms with Crippen molar-refractivity contribution < 1.29 is 14.3 Å². The zero-order valence-corrected chi connectivity index (χ0v) is 19.5. The van der Waals surface area contributed by atoms with Crippen LogP contribution in [-0.4, -0.2) is 41.5 Å². The third-order valence-corrected chi connectivity index (χ3v) is 5.90. The lowest BCUT2D eigenvalue weighted by Gasteiger charge is -2.23. The van der Waals surface area contributed by atoms with Crippen LogP contribution >= 0.6 is 11.6 Å². The first-order valence-corrected chi connectivity index (χ1v) is 11.6. The smallest absolute Gasteiger partial charge is 0.262 e. The molecule has 3 aromatic rings. The third-order valence-electron chi connectivity index (χ3n) is 5.66. The van der Waals surface area contributed by atoms with Gasteiger partial charge in [0.25, 0.3) is 5.91 Å². The van der Waals surface area contributed by atoms with Gasteiger partial charge in [-0.3, -0.25) is 9.48 Å². The minimum Gasteiger partial charge on any atom is -0.493 e. The maximum atomic E-state index is 12.4.